The molecule has 0 aliphatic rings. The highest BCUT2D eigenvalue weighted by Gasteiger charge is 2.19. The Labute approximate surface area is 142 Å². The Morgan fingerprint density at radius 2 is 2.04 bits per heavy atom. The van der Waals surface area contributed by atoms with Gasteiger partial charge in [0.15, 0.2) is 5.82 Å². The number of tetrazole rings is 1. The number of aromatic nitrogens is 6. The van der Waals surface area contributed by atoms with Crippen LogP contribution in [0.4, 0.5) is 0 Å². The number of hydrogen-bond donors (Lipinski definition) is 2. The van der Waals surface area contributed by atoms with E-state index in [0.29, 0.717) is 11.4 Å². The predicted octanol–water partition coefficient (Wildman–Crippen LogP) is 2.03. The molecular formula is C17H15N7O. The Morgan fingerprint density at radius 3 is 2.88 bits per heavy atom. The third kappa shape index (κ3) is 2.85. The largest absolute Gasteiger partial charge is 0.345 e. The van der Waals surface area contributed by atoms with Crippen LogP contribution >= 0.6 is 0 Å². The molecule has 0 radical (unpaired) electrons. The normalized spacial score (nSPS) is 12.2. The molecule has 4 aromatic rings. The fourth-order valence-electron chi connectivity index (χ4n) is 2.64. The van der Waals surface area contributed by atoms with Crippen LogP contribution in [0.2, 0.25) is 0 Å². The van der Waals surface area contributed by atoms with Crippen molar-refractivity contribution in [1.82, 2.24) is 35.5 Å². The first-order valence-corrected chi connectivity index (χ1v) is 7.80. The summed E-state index contributed by atoms with van der Waals surface area (Å²) in [6, 6.07) is 14.5. The second-order valence-electron chi connectivity index (χ2n) is 5.61. The molecule has 0 bridgehead atoms. The number of H-pyrrole nitrogens is 1. The number of imidazole rings is 1. The van der Waals surface area contributed by atoms with Gasteiger partial charge in [0.25, 0.3) is 5.91 Å². The molecule has 2 heterocycles. The average Bonchev–Trinajstić information content (AvgIpc) is 3.31. The van der Waals surface area contributed by atoms with Gasteiger partial charge in [0.1, 0.15) is 0 Å². The molecule has 0 saturated carbocycles. The molecule has 8 nitrogen and oxygen atoms in total. The Hall–Kier alpha value is -3.55. The van der Waals surface area contributed by atoms with Crippen molar-refractivity contribution in [2.45, 2.75) is 13.0 Å². The van der Waals surface area contributed by atoms with Gasteiger partial charge in [-0.3, -0.25) is 4.79 Å². The van der Waals surface area contributed by atoms with Crippen LogP contribution in [0.1, 0.15) is 29.1 Å². The minimum atomic E-state index is -0.361. The van der Waals surface area contributed by atoms with Crippen LogP contribution in [0.3, 0.4) is 0 Å². The molecular weight excluding hydrogens is 318 g/mol. The molecule has 0 fully saturated rings. The Balaban J connectivity index is 1.57. The highest BCUT2D eigenvalue weighted by Crippen LogP contribution is 2.16. The van der Waals surface area contributed by atoms with E-state index in [4.69, 9.17) is 0 Å². The Morgan fingerprint density at radius 1 is 1.20 bits per heavy atom. The lowest BCUT2D eigenvalue weighted by Gasteiger charge is -2.13. The fourth-order valence-corrected chi connectivity index (χ4v) is 2.64. The van der Waals surface area contributed by atoms with Gasteiger partial charge in [-0.1, -0.05) is 18.2 Å². The SMILES string of the molecule is CC(NC(=O)c1ccc2nc[nH]c2c1)c1nnnn1-c1ccccc1. The number of hydrogen-bond acceptors (Lipinski definition) is 5. The van der Waals surface area contributed by atoms with Crippen LogP contribution in [0.15, 0.2) is 54.9 Å². The standard InChI is InChI=1S/C17H15N7O/c1-11(16-21-22-23-24(16)13-5-3-2-4-6-13)20-17(25)12-7-8-14-15(9-12)19-10-18-14/h2-11H,1H3,(H,18,19)(H,20,25). The molecule has 1 amide bonds. The van der Waals surface area contributed by atoms with Crippen LogP contribution < -0.4 is 5.32 Å². The van der Waals surface area contributed by atoms with Crippen molar-refractivity contribution in [3.8, 4) is 5.69 Å². The van der Waals surface area contributed by atoms with Gasteiger partial charge in [-0.05, 0) is 47.7 Å². The lowest BCUT2D eigenvalue weighted by molar-refractivity contribution is 0.0938. The number of benzene rings is 2. The van der Waals surface area contributed by atoms with Crippen LogP contribution in [0.25, 0.3) is 16.7 Å². The molecule has 1 atom stereocenters. The van der Waals surface area contributed by atoms with Crippen molar-refractivity contribution in [1.29, 1.82) is 0 Å². The number of nitrogens with zero attached hydrogens (tertiary/aromatic N) is 5. The zero-order valence-corrected chi connectivity index (χ0v) is 13.4. The Kier molecular flexibility index (Phi) is 3.70. The molecule has 25 heavy (non-hydrogen) atoms. The van der Waals surface area contributed by atoms with Crippen molar-refractivity contribution in [2.75, 3.05) is 0 Å². The quantitative estimate of drug-likeness (QED) is 0.595. The molecule has 2 aromatic heterocycles. The van der Waals surface area contributed by atoms with Gasteiger partial charge >= 0.3 is 0 Å². The second kappa shape index (κ2) is 6.16. The summed E-state index contributed by atoms with van der Waals surface area (Å²) < 4.78 is 1.61. The van der Waals surface area contributed by atoms with Gasteiger partial charge in [-0.15, -0.1) is 5.10 Å². The van der Waals surface area contributed by atoms with E-state index in [1.54, 1.807) is 29.2 Å². The number of carbonyl (C=O) groups is 1. The van der Waals surface area contributed by atoms with Gasteiger partial charge in [0.05, 0.1) is 29.1 Å². The number of amides is 1. The van der Waals surface area contributed by atoms with Gasteiger partial charge in [-0.2, -0.15) is 4.68 Å². The summed E-state index contributed by atoms with van der Waals surface area (Å²) in [7, 11) is 0. The molecule has 2 aromatic carbocycles. The van der Waals surface area contributed by atoms with E-state index in [-0.39, 0.29) is 11.9 Å². The van der Waals surface area contributed by atoms with E-state index >= 15 is 0 Å². The first-order valence-electron chi connectivity index (χ1n) is 7.80. The van der Waals surface area contributed by atoms with E-state index in [0.717, 1.165) is 16.7 Å². The third-order valence-corrected chi connectivity index (χ3v) is 3.91. The maximum absolute atomic E-state index is 12.5. The first kappa shape index (κ1) is 15.0. The minimum Gasteiger partial charge on any atom is -0.345 e. The number of fused-ring (bicyclic) bond motifs is 1. The summed E-state index contributed by atoms with van der Waals surface area (Å²) in [5.74, 6) is 0.355. The number of nitrogens with one attached hydrogen (secondary N) is 2. The molecule has 8 heteroatoms. The maximum Gasteiger partial charge on any atom is 0.251 e. The van der Waals surface area contributed by atoms with Crippen molar-refractivity contribution in [2.24, 2.45) is 0 Å². The number of rotatable bonds is 4. The molecule has 1 unspecified atom stereocenters. The monoisotopic (exact) mass is 333 g/mol. The lowest BCUT2D eigenvalue weighted by atomic mass is 10.1. The van der Waals surface area contributed by atoms with E-state index in [9.17, 15) is 4.79 Å². The highest BCUT2D eigenvalue weighted by atomic mass is 16.1. The van der Waals surface area contributed by atoms with Gasteiger partial charge in [0, 0.05) is 5.56 Å². The van der Waals surface area contributed by atoms with E-state index < -0.39 is 0 Å². The van der Waals surface area contributed by atoms with Crippen LogP contribution in [-0.2, 0) is 0 Å². The highest BCUT2D eigenvalue weighted by molar-refractivity contribution is 5.97. The lowest BCUT2D eigenvalue weighted by Crippen LogP contribution is -2.28. The number of carbonyl (C=O) groups excluding carboxylic acids is 1. The molecule has 124 valence electrons. The number of aromatic amines is 1. The predicted molar refractivity (Wildman–Crippen MR) is 91.1 cm³/mol. The summed E-state index contributed by atoms with van der Waals surface area (Å²) in [6.07, 6.45) is 1.60. The summed E-state index contributed by atoms with van der Waals surface area (Å²) in [6.45, 7) is 1.85. The smallest absolute Gasteiger partial charge is 0.251 e. The summed E-state index contributed by atoms with van der Waals surface area (Å²) in [4.78, 5) is 19.7. The summed E-state index contributed by atoms with van der Waals surface area (Å²) in [5, 5.41) is 14.7. The topological polar surface area (TPSA) is 101 Å². The average molecular weight is 333 g/mol. The molecule has 4 rings (SSSR count). The van der Waals surface area contributed by atoms with Gasteiger partial charge < -0.3 is 10.3 Å². The third-order valence-electron chi connectivity index (χ3n) is 3.91. The van der Waals surface area contributed by atoms with E-state index in [1.165, 1.54) is 0 Å². The van der Waals surface area contributed by atoms with Crippen LogP contribution in [0, 0.1) is 0 Å². The minimum absolute atomic E-state index is 0.202. The molecule has 0 spiro atoms. The van der Waals surface area contributed by atoms with Crippen LogP contribution in [-0.4, -0.2) is 36.1 Å². The van der Waals surface area contributed by atoms with Crippen molar-refractivity contribution < 1.29 is 4.79 Å². The molecule has 2 N–H and O–H groups in total. The molecule has 0 aliphatic heterocycles. The molecule has 0 saturated heterocycles. The van der Waals surface area contributed by atoms with Crippen molar-refractivity contribution in [3.05, 3.63) is 66.2 Å². The molecule has 0 aliphatic carbocycles. The number of para-hydroxylation sites is 1. The van der Waals surface area contributed by atoms with Crippen molar-refractivity contribution >= 4 is 16.9 Å². The zero-order valence-electron chi connectivity index (χ0n) is 13.4. The van der Waals surface area contributed by atoms with Gasteiger partial charge in [0.2, 0.25) is 0 Å². The second-order valence-corrected chi connectivity index (χ2v) is 5.61. The Bertz CT molecular complexity index is 1020. The summed E-state index contributed by atoms with van der Waals surface area (Å²) >= 11 is 0. The summed E-state index contributed by atoms with van der Waals surface area (Å²) in [5.41, 5.74) is 3.01. The van der Waals surface area contributed by atoms with E-state index in [2.05, 4.69) is 30.8 Å². The maximum atomic E-state index is 12.5. The van der Waals surface area contributed by atoms with Gasteiger partial charge in [-0.25, -0.2) is 4.98 Å². The zero-order chi connectivity index (χ0) is 17.2. The van der Waals surface area contributed by atoms with Crippen molar-refractivity contribution in [3.63, 3.8) is 0 Å². The fraction of sp³-hybridized carbons (Fsp3) is 0.118. The van der Waals surface area contributed by atoms with Crippen LogP contribution in [0.5, 0.6) is 0 Å². The first-order chi connectivity index (χ1) is 12.2. The van der Waals surface area contributed by atoms with E-state index in [1.807, 2.05) is 37.3 Å².